The van der Waals surface area contributed by atoms with Gasteiger partial charge in [-0.25, -0.2) is 4.98 Å². The Bertz CT molecular complexity index is 453. The van der Waals surface area contributed by atoms with Gasteiger partial charge in [-0.15, -0.1) is 11.3 Å². The van der Waals surface area contributed by atoms with E-state index in [2.05, 4.69) is 46.9 Å². The third kappa shape index (κ3) is 3.68. The van der Waals surface area contributed by atoms with Crippen molar-refractivity contribution in [2.24, 2.45) is 11.3 Å². The van der Waals surface area contributed by atoms with Crippen LogP contribution in [0.1, 0.15) is 75.4 Å². The van der Waals surface area contributed by atoms with Crippen LogP contribution in [0.15, 0.2) is 0 Å². The van der Waals surface area contributed by atoms with Crippen molar-refractivity contribution in [1.29, 1.82) is 0 Å². The standard InChI is InChI=1S/C18H32N2S/c1-7-19-18(16-20-13(2)14(3)21-16)11-8-9-15(10-12-18)17(4,5)6/h15,19H,7-12H2,1-6H3. The molecule has 0 spiro atoms. The van der Waals surface area contributed by atoms with E-state index in [0.29, 0.717) is 5.41 Å². The largest absolute Gasteiger partial charge is 0.306 e. The van der Waals surface area contributed by atoms with E-state index in [-0.39, 0.29) is 5.54 Å². The molecule has 120 valence electrons. The summed E-state index contributed by atoms with van der Waals surface area (Å²) in [4.78, 5) is 6.28. The Morgan fingerprint density at radius 3 is 2.48 bits per heavy atom. The molecule has 0 radical (unpaired) electrons. The fourth-order valence-electron chi connectivity index (χ4n) is 3.69. The minimum Gasteiger partial charge on any atom is -0.306 e. The van der Waals surface area contributed by atoms with E-state index in [0.717, 1.165) is 12.5 Å². The van der Waals surface area contributed by atoms with Crippen LogP contribution in [-0.2, 0) is 5.54 Å². The molecule has 1 heterocycles. The van der Waals surface area contributed by atoms with Crippen LogP contribution in [0.5, 0.6) is 0 Å². The summed E-state index contributed by atoms with van der Waals surface area (Å²) in [5.41, 5.74) is 1.76. The van der Waals surface area contributed by atoms with Crippen LogP contribution < -0.4 is 5.32 Å². The Morgan fingerprint density at radius 1 is 1.24 bits per heavy atom. The maximum absolute atomic E-state index is 4.91. The molecule has 2 atom stereocenters. The molecule has 1 aromatic rings. The van der Waals surface area contributed by atoms with Crippen molar-refractivity contribution in [3.8, 4) is 0 Å². The number of rotatable bonds is 3. The molecule has 0 aromatic carbocycles. The number of nitrogens with one attached hydrogen (secondary N) is 1. The second-order valence-corrected chi connectivity index (χ2v) is 8.97. The molecule has 0 bridgehead atoms. The lowest BCUT2D eigenvalue weighted by molar-refractivity contribution is 0.206. The highest BCUT2D eigenvalue weighted by atomic mass is 32.1. The fourth-order valence-corrected chi connectivity index (χ4v) is 4.83. The average molecular weight is 309 g/mol. The van der Waals surface area contributed by atoms with Crippen molar-refractivity contribution in [2.75, 3.05) is 6.54 Å². The third-order valence-corrected chi connectivity index (χ3v) is 6.53. The number of thiazole rings is 1. The normalized spacial score (nSPS) is 27.6. The SMILES string of the molecule is CCNC1(c2nc(C)c(C)s2)CCCC(C(C)(C)C)CC1. The van der Waals surface area contributed by atoms with Gasteiger partial charge in [-0.05, 0) is 57.4 Å². The van der Waals surface area contributed by atoms with Crippen LogP contribution in [0.2, 0.25) is 0 Å². The molecule has 1 saturated carbocycles. The lowest BCUT2D eigenvalue weighted by Gasteiger charge is -2.33. The van der Waals surface area contributed by atoms with E-state index in [4.69, 9.17) is 4.98 Å². The van der Waals surface area contributed by atoms with Crippen molar-refractivity contribution in [1.82, 2.24) is 10.3 Å². The molecule has 0 amide bonds. The van der Waals surface area contributed by atoms with Crippen LogP contribution >= 0.6 is 11.3 Å². The van der Waals surface area contributed by atoms with Crippen LogP contribution in [-0.4, -0.2) is 11.5 Å². The first-order valence-corrected chi connectivity index (χ1v) is 9.29. The molecule has 0 saturated heterocycles. The quantitative estimate of drug-likeness (QED) is 0.777. The van der Waals surface area contributed by atoms with E-state index >= 15 is 0 Å². The minimum atomic E-state index is 0.123. The van der Waals surface area contributed by atoms with Gasteiger partial charge in [-0.2, -0.15) is 0 Å². The first-order chi connectivity index (χ1) is 9.78. The zero-order valence-corrected chi connectivity index (χ0v) is 15.5. The Balaban J connectivity index is 2.26. The first kappa shape index (κ1) is 17.0. The van der Waals surface area contributed by atoms with Gasteiger partial charge in [0.1, 0.15) is 5.01 Å². The van der Waals surface area contributed by atoms with E-state index in [1.54, 1.807) is 0 Å². The van der Waals surface area contributed by atoms with E-state index in [1.165, 1.54) is 47.7 Å². The monoisotopic (exact) mass is 308 g/mol. The second kappa shape index (κ2) is 6.37. The first-order valence-electron chi connectivity index (χ1n) is 8.48. The van der Waals surface area contributed by atoms with Gasteiger partial charge in [-0.1, -0.05) is 34.1 Å². The molecule has 2 unspecified atom stereocenters. The second-order valence-electron chi connectivity index (χ2n) is 7.77. The fraction of sp³-hybridized carbons (Fsp3) is 0.833. The predicted octanol–water partition coefficient (Wildman–Crippen LogP) is 5.19. The van der Waals surface area contributed by atoms with Crippen LogP contribution in [0.4, 0.5) is 0 Å². The van der Waals surface area contributed by atoms with Crippen LogP contribution in [0, 0.1) is 25.2 Å². The highest BCUT2D eigenvalue weighted by molar-refractivity contribution is 7.11. The summed E-state index contributed by atoms with van der Waals surface area (Å²) in [5.74, 6) is 0.834. The number of nitrogens with zero attached hydrogens (tertiary/aromatic N) is 1. The number of hydrogen-bond acceptors (Lipinski definition) is 3. The Morgan fingerprint density at radius 2 is 1.95 bits per heavy atom. The van der Waals surface area contributed by atoms with Gasteiger partial charge in [0.15, 0.2) is 0 Å². The number of aryl methyl sites for hydroxylation is 2. The van der Waals surface area contributed by atoms with Crippen molar-refractivity contribution in [2.45, 2.75) is 79.2 Å². The molecule has 1 N–H and O–H groups in total. The lowest BCUT2D eigenvalue weighted by atomic mass is 9.76. The molecule has 2 rings (SSSR count). The van der Waals surface area contributed by atoms with Gasteiger partial charge in [0.25, 0.3) is 0 Å². The minimum absolute atomic E-state index is 0.123. The van der Waals surface area contributed by atoms with Gasteiger partial charge in [-0.3, -0.25) is 0 Å². The highest BCUT2D eigenvalue weighted by Gasteiger charge is 2.39. The predicted molar refractivity (Wildman–Crippen MR) is 93.0 cm³/mol. The van der Waals surface area contributed by atoms with E-state index < -0.39 is 0 Å². The van der Waals surface area contributed by atoms with Gasteiger partial charge in [0.2, 0.25) is 0 Å². The average Bonchev–Trinajstić information content (AvgIpc) is 2.62. The van der Waals surface area contributed by atoms with E-state index in [1.807, 2.05) is 11.3 Å². The summed E-state index contributed by atoms with van der Waals surface area (Å²) in [6.45, 7) is 14.8. The molecular formula is C18H32N2S. The molecular weight excluding hydrogens is 276 g/mol. The Kier molecular flexibility index (Phi) is 5.15. The summed E-state index contributed by atoms with van der Waals surface area (Å²) < 4.78 is 0. The molecule has 21 heavy (non-hydrogen) atoms. The summed E-state index contributed by atoms with van der Waals surface area (Å²) in [6.07, 6.45) is 6.45. The van der Waals surface area contributed by atoms with Crippen LogP contribution in [0.25, 0.3) is 0 Å². The van der Waals surface area contributed by atoms with Gasteiger partial charge >= 0.3 is 0 Å². The summed E-state index contributed by atoms with van der Waals surface area (Å²) in [6, 6.07) is 0. The summed E-state index contributed by atoms with van der Waals surface area (Å²) >= 11 is 1.90. The zero-order chi connectivity index (χ0) is 15.7. The maximum atomic E-state index is 4.91. The summed E-state index contributed by atoms with van der Waals surface area (Å²) in [5, 5.41) is 5.14. The third-order valence-electron chi connectivity index (χ3n) is 5.25. The van der Waals surface area contributed by atoms with Gasteiger partial charge < -0.3 is 5.32 Å². The number of hydrogen-bond donors (Lipinski definition) is 1. The maximum Gasteiger partial charge on any atom is 0.113 e. The van der Waals surface area contributed by atoms with Crippen LogP contribution in [0.3, 0.4) is 0 Å². The molecule has 2 nitrogen and oxygen atoms in total. The smallest absolute Gasteiger partial charge is 0.113 e. The van der Waals surface area contributed by atoms with Crippen molar-refractivity contribution in [3.63, 3.8) is 0 Å². The molecule has 0 aliphatic heterocycles. The van der Waals surface area contributed by atoms with Gasteiger partial charge in [0, 0.05) is 4.88 Å². The number of aromatic nitrogens is 1. The van der Waals surface area contributed by atoms with Crippen molar-refractivity contribution in [3.05, 3.63) is 15.6 Å². The Hall–Kier alpha value is -0.410. The van der Waals surface area contributed by atoms with E-state index in [9.17, 15) is 0 Å². The van der Waals surface area contributed by atoms with Crippen molar-refractivity contribution < 1.29 is 0 Å². The molecule has 1 fully saturated rings. The molecule has 1 aliphatic rings. The Labute approximate surface area is 134 Å². The lowest BCUT2D eigenvalue weighted by Crippen LogP contribution is -2.42. The van der Waals surface area contributed by atoms with Crippen molar-refractivity contribution >= 4 is 11.3 Å². The summed E-state index contributed by atoms with van der Waals surface area (Å²) in [7, 11) is 0. The topological polar surface area (TPSA) is 24.9 Å². The highest BCUT2D eigenvalue weighted by Crippen LogP contribution is 2.44. The molecule has 1 aromatic heterocycles. The molecule has 3 heteroatoms. The zero-order valence-electron chi connectivity index (χ0n) is 14.7. The van der Waals surface area contributed by atoms with Gasteiger partial charge in [0.05, 0.1) is 11.2 Å². The molecule has 1 aliphatic carbocycles.